The zero-order chi connectivity index (χ0) is 11.5. The van der Waals surface area contributed by atoms with Gasteiger partial charge in [0.25, 0.3) is 0 Å². The Hall–Kier alpha value is -0.650. The topological polar surface area (TPSA) is 53.4 Å². The Morgan fingerprint density at radius 2 is 2.50 bits per heavy atom. The largest absolute Gasteiger partial charge is 0.396 e. The molecule has 88 valence electrons. The number of halogens is 1. The first-order valence-corrected chi connectivity index (χ1v) is 6.41. The molecule has 1 aromatic heterocycles. The Kier molecular flexibility index (Phi) is 3.78. The van der Waals surface area contributed by atoms with E-state index >= 15 is 0 Å². The Morgan fingerprint density at radius 1 is 1.69 bits per heavy atom. The lowest BCUT2D eigenvalue weighted by molar-refractivity contribution is 0.112. The van der Waals surface area contributed by atoms with Gasteiger partial charge in [0.2, 0.25) is 0 Å². The number of carbonyl (C=O) groups excluding carboxylic acids is 1. The predicted molar refractivity (Wildman–Crippen MR) is 64.5 cm³/mol. The van der Waals surface area contributed by atoms with Gasteiger partial charge in [0.1, 0.15) is 4.88 Å². The highest BCUT2D eigenvalue weighted by Crippen LogP contribution is 2.31. The van der Waals surface area contributed by atoms with E-state index < -0.39 is 0 Å². The standard InChI is InChI=1S/C10H13ClN2O2S/c11-9-8(6-15)16-10(12-9)13-3-1-2-7(4-13)5-14/h6-7,14H,1-5H2. The summed E-state index contributed by atoms with van der Waals surface area (Å²) in [6, 6.07) is 0. The number of hydrogen-bond donors (Lipinski definition) is 1. The molecule has 0 aliphatic carbocycles. The molecule has 4 nitrogen and oxygen atoms in total. The van der Waals surface area contributed by atoms with Gasteiger partial charge in [0, 0.05) is 19.7 Å². The predicted octanol–water partition coefficient (Wildman–Crippen LogP) is 1.82. The minimum absolute atomic E-state index is 0.205. The third-order valence-electron chi connectivity index (χ3n) is 2.75. The van der Waals surface area contributed by atoms with Crippen molar-refractivity contribution < 1.29 is 9.90 Å². The van der Waals surface area contributed by atoms with E-state index in [0.29, 0.717) is 10.8 Å². The van der Waals surface area contributed by atoms with Crippen LogP contribution in [0.3, 0.4) is 0 Å². The number of piperidine rings is 1. The second kappa shape index (κ2) is 5.12. The van der Waals surface area contributed by atoms with E-state index in [1.54, 1.807) is 0 Å². The van der Waals surface area contributed by atoms with Gasteiger partial charge in [-0.3, -0.25) is 4.79 Å². The van der Waals surface area contributed by atoms with E-state index in [1.807, 2.05) is 0 Å². The van der Waals surface area contributed by atoms with Gasteiger partial charge >= 0.3 is 0 Å². The summed E-state index contributed by atoms with van der Waals surface area (Å²) in [5.74, 6) is 0.302. The summed E-state index contributed by atoms with van der Waals surface area (Å²) >= 11 is 7.14. The number of aliphatic hydroxyl groups is 1. The maximum Gasteiger partial charge on any atom is 0.187 e. The second-order valence-electron chi connectivity index (χ2n) is 3.91. The van der Waals surface area contributed by atoms with E-state index in [0.717, 1.165) is 37.3 Å². The number of nitrogens with zero attached hydrogens (tertiary/aromatic N) is 2. The van der Waals surface area contributed by atoms with E-state index in [1.165, 1.54) is 11.3 Å². The molecule has 0 bridgehead atoms. The number of aldehydes is 1. The Labute approximate surface area is 103 Å². The van der Waals surface area contributed by atoms with Gasteiger partial charge in [-0.05, 0) is 18.8 Å². The molecular formula is C10H13ClN2O2S. The highest BCUT2D eigenvalue weighted by Gasteiger charge is 2.22. The first-order valence-electron chi connectivity index (χ1n) is 5.22. The average molecular weight is 261 g/mol. The normalized spacial score (nSPS) is 21.1. The number of hydrogen-bond acceptors (Lipinski definition) is 5. The third kappa shape index (κ3) is 2.36. The van der Waals surface area contributed by atoms with Crippen LogP contribution in [0.2, 0.25) is 5.15 Å². The lowest BCUT2D eigenvalue weighted by atomic mass is 10.00. The lowest BCUT2D eigenvalue weighted by Gasteiger charge is -2.31. The van der Waals surface area contributed by atoms with Crippen LogP contribution in [0.4, 0.5) is 5.13 Å². The van der Waals surface area contributed by atoms with Crippen molar-refractivity contribution in [3.05, 3.63) is 10.0 Å². The molecule has 1 aliphatic rings. The van der Waals surface area contributed by atoms with Crippen LogP contribution in [0.25, 0.3) is 0 Å². The number of rotatable bonds is 3. The van der Waals surface area contributed by atoms with Crippen molar-refractivity contribution in [1.29, 1.82) is 0 Å². The molecule has 1 saturated heterocycles. The number of anilines is 1. The Morgan fingerprint density at radius 3 is 3.12 bits per heavy atom. The zero-order valence-corrected chi connectivity index (χ0v) is 10.3. The molecule has 0 amide bonds. The fourth-order valence-electron chi connectivity index (χ4n) is 1.90. The first-order chi connectivity index (χ1) is 7.74. The second-order valence-corrected chi connectivity index (χ2v) is 5.27. The maximum absolute atomic E-state index is 10.7. The molecule has 0 aromatic carbocycles. The fraction of sp³-hybridized carbons (Fsp3) is 0.600. The van der Waals surface area contributed by atoms with Crippen molar-refractivity contribution in [2.24, 2.45) is 5.92 Å². The lowest BCUT2D eigenvalue weighted by Crippen LogP contribution is -2.36. The number of aliphatic hydroxyl groups excluding tert-OH is 1. The summed E-state index contributed by atoms with van der Waals surface area (Å²) in [4.78, 5) is 17.4. The molecule has 1 aliphatic heterocycles. The Bertz CT molecular complexity index is 383. The SMILES string of the molecule is O=Cc1sc(N2CCCC(CO)C2)nc1Cl. The molecule has 1 aromatic rings. The fourth-order valence-corrected chi connectivity index (χ4v) is 3.00. The summed E-state index contributed by atoms with van der Waals surface area (Å²) in [7, 11) is 0. The van der Waals surface area contributed by atoms with Gasteiger partial charge in [0.15, 0.2) is 16.6 Å². The van der Waals surface area contributed by atoms with Crippen LogP contribution < -0.4 is 4.90 Å². The number of thiazole rings is 1. The maximum atomic E-state index is 10.7. The summed E-state index contributed by atoms with van der Waals surface area (Å²) in [6.07, 6.45) is 2.82. The molecule has 0 spiro atoms. The van der Waals surface area contributed by atoms with Crippen molar-refractivity contribution in [2.45, 2.75) is 12.8 Å². The van der Waals surface area contributed by atoms with Crippen LogP contribution in [0, 0.1) is 5.92 Å². The monoisotopic (exact) mass is 260 g/mol. The van der Waals surface area contributed by atoms with Gasteiger partial charge in [-0.2, -0.15) is 0 Å². The van der Waals surface area contributed by atoms with Crippen LogP contribution in [0.15, 0.2) is 0 Å². The minimum Gasteiger partial charge on any atom is -0.396 e. The van der Waals surface area contributed by atoms with Crippen molar-refractivity contribution >= 4 is 34.4 Å². The molecule has 1 unspecified atom stereocenters. The van der Waals surface area contributed by atoms with Crippen LogP contribution in [0.1, 0.15) is 22.5 Å². The summed E-state index contributed by atoms with van der Waals surface area (Å²) in [5.41, 5.74) is 0. The highest BCUT2D eigenvalue weighted by atomic mass is 35.5. The molecule has 0 saturated carbocycles. The highest BCUT2D eigenvalue weighted by molar-refractivity contribution is 7.17. The molecule has 16 heavy (non-hydrogen) atoms. The number of carbonyl (C=O) groups is 1. The molecule has 6 heteroatoms. The number of aromatic nitrogens is 1. The van der Waals surface area contributed by atoms with Gasteiger partial charge in [-0.15, -0.1) is 0 Å². The zero-order valence-electron chi connectivity index (χ0n) is 8.73. The first kappa shape index (κ1) is 11.8. The van der Waals surface area contributed by atoms with Crippen molar-refractivity contribution in [3.63, 3.8) is 0 Å². The van der Waals surface area contributed by atoms with Crippen molar-refractivity contribution in [1.82, 2.24) is 4.98 Å². The minimum atomic E-state index is 0.205. The van der Waals surface area contributed by atoms with Gasteiger partial charge in [0.05, 0.1) is 0 Å². The third-order valence-corrected chi connectivity index (χ3v) is 4.19. The van der Waals surface area contributed by atoms with Gasteiger partial charge < -0.3 is 10.0 Å². The molecule has 1 N–H and O–H groups in total. The van der Waals surface area contributed by atoms with Crippen molar-refractivity contribution in [2.75, 3.05) is 24.6 Å². The summed E-state index contributed by atoms with van der Waals surface area (Å²) < 4.78 is 0. The Balaban J connectivity index is 2.13. The van der Waals surface area contributed by atoms with Crippen LogP contribution in [0.5, 0.6) is 0 Å². The van der Waals surface area contributed by atoms with Crippen LogP contribution in [-0.2, 0) is 0 Å². The van der Waals surface area contributed by atoms with Crippen molar-refractivity contribution in [3.8, 4) is 0 Å². The van der Waals surface area contributed by atoms with Gasteiger partial charge in [-0.25, -0.2) is 4.98 Å². The van der Waals surface area contributed by atoms with E-state index in [2.05, 4.69) is 9.88 Å². The molecule has 1 atom stereocenters. The van der Waals surface area contributed by atoms with Crippen LogP contribution >= 0.6 is 22.9 Å². The molecule has 0 radical (unpaired) electrons. The van der Waals surface area contributed by atoms with E-state index in [4.69, 9.17) is 16.7 Å². The van der Waals surface area contributed by atoms with Gasteiger partial charge in [-0.1, -0.05) is 22.9 Å². The molecular weight excluding hydrogens is 248 g/mol. The average Bonchev–Trinajstić information content (AvgIpc) is 2.71. The molecule has 2 rings (SSSR count). The molecule has 1 fully saturated rings. The van der Waals surface area contributed by atoms with E-state index in [-0.39, 0.29) is 11.8 Å². The summed E-state index contributed by atoms with van der Waals surface area (Å²) in [5, 5.41) is 10.2. The van der Waals surface area contributed by atoms with E-state index in [9.17, 15) is 4.79 Å². The smallest absolute Gasteiger partial charge is 0.187 e. The van der Waals surface area contributed by atoms with Crippen LogP contribution in [-0.4, -0.2) is 36.1 Å². The quantitative estimate of drug-likeness (QED) is 0.843. The molecule has 2 heterocycles. The summed E-state index contributed by atoms with van der Waals surface area (Å²) in [6.45, 7) is 1.91.